The maximum Gasteiger partial charge on any atom is 0.201 e. The number of hydrogen-bond acceptors (Lipinski definition) is 2. The van der Waals surface area contributed by atoms with Crippen LogP contribution in [0.3, 0.4) is 0 Å². The predicted octanol–water partition coefficient (Wildman–Crippen LogP) is 7.74. The van der Waals surface area contributed by atoms with Crippen molar-refractivity contribution in [3.05, 3.63) is 144 Å². The van der Waals surface area contributed by atoms with Gasteiger partial charge in [0.15, 0.2) is 0 Å². The molecule has 4 aromatic carbocycles. The number of rotatable bonds is 9. The van der Waals surface area contributed by atoms with Crippen molar-refractivity contribution in [2.45, 2.75) is 36.3 Å². The highest BCUT2D eigenvalue weighted by Gasteiger charge is 2.70. The highest BCUT2D eigenvalue weighted by Crippen LogP contribution is 2.61. The van der Waals surface area contributed by atoms with Crippen LogP contribution in [0.4, 0.5) is 0 Å². The summed E-state index contributed by atoms with van der Waals surface area (Å²) in [6, 6.07) is 44.1. The molecule has 0 bridgehead atoms. The first-order valence-electron chi connectivity index (χ1n) is 12.6. The van der Waals surface area contributed by atoms with Crippen LogP contribution in [-0.4, -0.2) is 30.9 Å². The van der Waals surface area contributed by atoms with Crippen molar-refractivity contribution in [2.75, 3.05) is 14.2 Å². The molecule has 0 radical (unpaired) electrons. The topological polar surface area (TPSA) is 18.5 Å². The number of benzene rings is 4. The Hall–Kier alpha value is -2.77. The van der Waals surface area contributed by atoms with Gasteiger partial charge < -0.3 is 8.85 Å². The minimum atomic E-state index is -2.61. The molecule has 0 aliphatic heterocycles. The van der Waals surface area contributed by atoms with Crippen LogP contribution in [0.2, 0.25) is 26.2 Å². The van der Waals surface area contributed by atoms with E-state index in [0.29, 0.717) is 0 Å². The third-order valence-electron chi connectivity index (χ3n) is 8.22. The van der Waals surface area contributed by atoms with Gasteiger partial charge in [0.1, 0.15) is 0 Å². The molecule has 0 aliphatic rings. The molecule has 0 aromatic heterocycles. The van der Waals surface area contributed by atoms with Gasteiger partial charge in [-0.2, -0.15) is 0 Å². The Morgan fingerprint density at radius 1 is 0.389 bits per heavy atom. The SMILES string of the molecule is CO[Si](C)(C)C(c1ccccc1)(c1ccccc1)C(c1ccccc1)(c1ccccc1)[Si](C)(C)OC. The fourth-order valence-corrected chi connectivity index (χ4v) is 14.8. The second-order valence-corrected chi connectivity index (χ2v) is 18.8. The first-order valence-corrected chi connectivity index (χ1v) is 18.4. The molecule has 186 valence electrons. The highest BCUT2D eigenvalue weighted by molar-refractivity contribution is 6.82. The van der Waals surface area contributed by atoms with Crippen LogP contribution in [0.25, 0.3) is 0 Å². The largest absolute Gasteiger partial charge is 0.419 e. The summed E-state index contributed by atoms with van der Waals surface area (Å²) in [6.07, 6.45) is 0. The van der Waals surface area contributed by atoms with Crippen molar-refractivity contribution in [2.24, 2.45) is 0 Å². The zero-order valence-electron chi connectivity index (χ0n) is 22.4. The molecular formula is C32H38O2Si2. The molecule has 0 saturated heterocycles. The molecule has 2 nitrogen and oxygen atoms in total. The molecule has 0 unspecified atom stereocenters. The quantitative estimate of drug-likeness (QED) is 0.214. The van der Waals surface area contributed by atoms with Gasteiger partial charge in [-0.1, -0.05) is 121 Å². The monoisotopic (exact) mass is 510 g/mol. The lowest BCUT2D eigenvalue weighted by atomic mass is 9.71. The second kappa shape index (κ2) is 10.3. The number of hydrogen-bond donors (Lipinski definition) is 0. The van der Waals surface area contributed by atoms with Crippen molar-refractivity contribution in [3.8, 4) is 0 Å². The van der Waals surface area contributed by atoms with E-state index in [-0.39, 0.29) is 0 Å². The standard InChI is InChI=1S/C32H38O2Si2/c1-33-35(3,4)31(27-19-11-7-12-20-27,28-21-13-8-14-22-28)32(36(5,6)34-2,29-23-15-9-16-24-29)30-25-17-10-18-26-30/h7-26H,1-6H3. The molecule has 0 amide bonds. The fraction of sp³-hybridized carbons (Fsp3) is 0.250. The van der Waals surface area contributed by atoms with Gasteiger partial charge in [0, 0.05) is 14.2 Å². The lowest BCUT2D eigenvalue weighted by Crippen LogP contribution is -2.74. The molecule has 0 fully saturated rings. The molecule has 4 rings (SSSR count). The average molecular weight is 511 g/mol. The summed E-state index contributed by atoms with van der Waals surface area (Å²) >= 11 is 0. The normalized spacial score (nSPS) is 12.9. The zero-order chi connectivity index (χ0) is 25.9. The minimum Gasteiger partial charge on any atom is -0.419 e. The Labute approximate surface area is 219 Å². The van der Waals surface area contributed by atoms with Crippen LogP contribution in [-0.2, 0) is 18.9 Å². The molecule has 0 saturated carbocycles. The second-order valence-electron chi connectivity index (χ2n) is 10.4. The van der Waals surface area contributed by atoms with E-state index in [1.54, 1.807) is 0 Å². The zero-order valence-corrected chi connectivity index (χ0v) is 24.4. The van der Waals surface area contributed by atoms with Gasteiger partial charge >= 0.3 is 0 Å². The third-order valence-corrected chi connectivity index (χ3v) is 16.0. The highest BCUT2D eigenvalue weighted by atomic mass is 28.4. The Bertz CT molecular complexity index is 1060. The lowest BCUT2D eigenvalue weighted by molar-refractivity contribution is 0.310. The summed E-state index contributed by atoms with van der Waals surface area (Å²) in [7, 11) is -1.43. The van der Waals surface area contributed by atoms with E-state index < -0.39 is 26.7 Å². The molecule has 4 heteroatoms. The minimum absolute atomic E-state index is 0.508. The summed E-state index contributed by atoms with van der Waals surface area (Å²) in [5, 5.41) is -1.02. The smallest absolute Gasteiger partial charge is 0.201 e. The first-order chi connectivity index (χ1) is 17.3. The van der Waals surface area contributed by atoms with Crippen molar-refractivity contribution in [3.63, 3.8) is 0 Å². The van der Waals surface area contributed by atoms with Crippen LogP contribution < -0.4 is 0 Å². The van der Waals surface area contributed by atoms with Crippen molar-refractivity contribution < 1.29 is 8.85 Å². The van der Waals surface area contributed by atoms with Crippen molar-refractivity contribution >= 4 is 16.6 Å². The Kier molecular flexibility index (Phi) is 7.53. The van der Waals surface area contributed by atoms with Gasteiger partial charge in [-0.05, 0) is 48.4 Å². The van der Waals surface area contributed by atoms with Crippen molar-refractivity contribution in [1.82, 2.24) is 0 Å². The van der Waals surface area contributed by atoms with Crippen LogP contribution in [0.15, 0.2) is 121 Å². The van der Waals surface area contributed by atoms with Gasteiger partial charge in [0.25, 0.3) is 0 Å². The van der Waals surface area contributed by atoms with Crippen LogP contribution in [0.1, 0.15) is 22.3 Å². The first kappa shape index (κ1) is 26.3. The van der Waals surface area contributed by atoms with Gasteiger partial charge in [0.2, 0.25) is 16.6 Å². The Morgan fingerprint density at radius 3 is 0.750 bits per heavy atom. The summed E-state index contributed by atoms with van der Waals surface area (Å²) in [6.45, 7) is 9.48. The summed E-state index contributed by atoms with van der Waals surface area (Å²) in [5.74, 6) is 0. The van der Waals surface area contributed by atoms with Gasteiger partial charge in [-0.3, -0.25) is 0 Å². The Morgan fingerprint density at radius 2 is 0.583 bits per heavy atom. The fourth-order valence-electron chi connectivity index (χ4n) is 6.55. The van der Waals surface area contributed by atoms with E-state index in [0.717, 1.165) is 0 Å². The molecule has 4 aromatic rings. The molecule has 0 heterocycles. The maximum atomic E-state index is 6.71. The predicted molar refractivity (Wildman–Crippen MR) is 156 cm³/mol. The third kappa shape index (κ3) is 3.84. The van der Waals surface area contributed by atoms with Gasteiger partial charge in [-0.25, -0.2) is 0 Å². The van der Waals surface area contributed by atoms with Crippen LogP contribution in [0, 0.1) is 0 Å². The van der Waals surface area contributed by atoms with E-state index in [9.17, 15) is 0 Å². The van der Waals surface area contributed by atoms with Crippen LogP contribution in [0.5, 0.6) is 0 Å². The van der Waals surface area contributed by atoms with E-state index in [1.165, 1.54) is 22.3 Å². The van der Waals surface area contributed by atoms with Gasteiger partial charge in [0.05, 0.1) is 10.1 Å². The van der Waals surface area contributed by atoms with E-state index in [2.05, 4.69) is 148 Å². The van der Waals surface area contributed by atoms with Gasteiger partial charge in [-0.15, -0.1) is 0 Å². The average Bonchev–Trinajstić information content (AvgIpc) is 2.93. The molecule has 36 heavy (non-hydrogen) atoms. The van der Waals surface area contributed by atoms with E-state index in [4.69, 9.17) is 8.85 Å². The van der Waals surface area contributed by atoms with E-state index >= 15 is 0 Å². The molecule has 0 atom stereocenters. The van der Waals surface area contributed by atoms with Crippen LogP contribution >= 0.6 is 0 Å². The summed E-state index contributed by atoms with van der Waals surface area (Å²) < 4.78 is 13.4. The molecular weight excluding hydrogens is 473 g/mol. The van der Waals surface area contributed by atoms with E-state index in [1.807, 2.05) is 14.2 Å². The van der Waals surface area contributed by atoms with Crippen molar-refractivity contribution in [1.29, 1.82) is 0 Å². The lowest BCUT2D eigenvalue weighted by Gasteiger charge is -2.62. The summed E-state index contributed by atoms with van der Waals surface area (Å²) in [4.78, 5) is 0. The molecule has 0 aliphatic carbocycles. The maximum absolute atomic E-state index is 6.71. The summed E-state index contributed by atoms with van der Waals surface area (Å²) in [5.41, 5.74) is 5.06. The Balaban J connectivity index is 2.39. The molecule has 0 spiro atoms. The molecule has 0 N–H and O–H groups in total.